The molecule has 0 heterocycles. The van der Waals surface area contributed by atoms with Crippen molar-refractivity contribution in [1.82, 2.24) is 0 Å². The molecule has 5 nitrogen and oxygen atoms in total. The van der Waals surface area contributed by atoms with E-state index in [0.29, 0.717) is 0 Å². The Morgan fingerprint density at radius 2 is 0.714 bits per heavy atom. The largest absolute Gasteiger partial charge is 0.693 e. The molecule has 0 unspecified atom stereocenters. The maximum atomic E-state index is 5.22. The second-order valence-electron chi connectivity index (χ2n) is 0. The molecule has 0 aromatic carbocycles. The predicted octanol–water partition coefficient (Wildman–Crippen LogP) is 4.06. The van der Waals surface area contributed by atoms with Crippen molar-refractivity contribution >= 4 is 11.8 Å². The summed E-state index contributed by atoms with van der Waals surface area (Å²) in [7, 11) is 0. The fourth-order valence-corrected chi connectivity index (χ4v) is 0. The summed E-state index contributed by atoms with van der Waals surface area (Å²) in [5, 5.41) is 5.22. The summed E-state index contributed by atoms with van der Waals surface area (Å²) < 4.78 is 0. The van der Waals surface area contributed by atoms with E-state index in [4.69, 9.17) is 5.25 Å². The van der Waals surface area contributed by atoms with E-state index >= 15 is 0 Å². The zero-order chi connectivity index (χ0) is 2.00. The predicted molar refractivity (Wildman–Crippen MR) is 31.3 cm³/mol. The van der Waals surface area contributed by atoms with Crippen molar-refractivity contribution in [3.63, 3.8) is 0 Å². The molecule has 0 spiro atoms. The number of hydrogen-bond donors (Lipinski definition) is 0. The molecule has 0 saturated heterocycles. The second-order valence-corrected chi connectivity index (χ2v) is 0. The van der Waals surface area contributed by atoms with Crippen LogP contribution in [0.2, 0.25) is 0 Å². The molecule has 0 aromatic heterocycles. The molecule has 7 heavy (non-hydrogen) atoms. The van der Waals surface area contributed by atoms with Crippen LogP contribution in [0.4, 0.5) is 0 Å². The normalized spacial score (nSPS) is 0.857. The zero-order valence-corrected chi connectivity index (χ0v) is 5.92. The van der Waals surface area contributed by atoms with Gasteiger partial charge in [-0.25, -0.2) is 0 Å². The van der Waals surface area contributed by atoms with Crippen LogP contribution in [0.25, 0.3) is 29.9 Å². The van der Waals surface area contributed by atoms with E-state index < -0.39 is 0 Å². The van der Waals surface area contributed by atoms with Gasteiger partial charge in [0, 0.05) is 19.5 Å². The van der Waals surface area contributed by atoms with Crippen LogP contribution < -0.4 is 0 Å². The fourth-order valence-electron chi connectivity index (χ4n) is 0. The van der Waals surface area contributed by atoms with Crippen molar-refractivity contribution < 1.29 is 19.5 Å². The van der Waals surface area contributed by atoms with Crippen LogP contribution in [0, 0.1) is 0 Å². The summed E-state index contributed by atoms with van der Waals surface area (Å²) in [5.74, 6) is 0. The summed E-state index contributed by atoms with van der Waals surface area (Å²) >= 11 is 3.89. The monoisotopic (exact) mass is 217 g/mol. The first-order chi connectivity index (χ1) is 1.00. The molecule has 0 atom stereocenters. The maximum Gasteiger partial charge on any atom is 0 e. The molecule has 0 saturated carbocycles. The smallest absolute Gasteiger partial charge is 0 e. The Hall–Kier alpha value is 0.713. The van der Waals surface area contributed by atoms with Gasteiger partial charge in [-0.2, -0.15) is 0 Å². The van der Waals surface area contributed by atoms with Crippen LogP contribution in [-0.4, -0.2) is 0 Å². The van der Waals surface area contributed by atoms with Gasteiger partial charge in [-0.1, -0.05) is 0 Å². The molecule has 0 bridgehead atoms. The quantitative estimate of drug-likeness (QED) is 0.536. The molecule has 55 valence electrons. The summed E-state index contributed by atoms with van der Waals surface area (Å²) in [5.41, 5.74) is 0. The average molecular weight is 217 g/mol. The van der Waals surface area contributed by atoms with Gasteiger partial charge >= 0.3 is 0 Å². The van der Waals surface area contributed by atoms with Gasteiger partial charge in [0.25, 0.3) is 0 Å². The van der Waals surface area contributed by atoms with E-state index in [1.54, 1.807) is 0 Å². The van der Waals surface area contributed by atoms with Crippen molar-refractivity contribution in [2.24, 2.45) is 0 Å². The van der Waals surface area contributed by atoms with Crippen LogP contribution in [0.5, 0.6) is 0 Å². The van der Waals surface area contributed by atoms with E-state index in [2.05, 4.69) is 11.8 Å². The Bertz CT molecular complexity index is 8.04. The summed E-state index contributed by atoms with van der Waals surface area (Å²) in [4.78, 5) is 0. The molecular formula is H9ClN5Rh-5. The van der Waals surface area contributed by atoms with Crippen LogP contribution >= 0.6 is 11.8 Å². The third-order valence-corrected chi connectivity index (χ3v) is 0. The van der Waals surface area contributed by atoms with Crippen molar-refractivity contribution in [3.8, 4) is 0 Å². The number of rotatable bonds is 0. The van der Waals surface area contributed by atoms with E-state index in [1.165, 1.54) is 0 Å². The first-order valence-corrected chi connectivity index (χ1v) is 0.567. The Kier molecular flexibility index (Phi) is 7280. The molecule has 0 rings (SSSR count). The average Bonchev–Trinajstić information content (AvgIpc) is 1.00. The third kappa shape index (κ3) is 293. The molecule has 0 fully saturated rings. The third-order valence-electron chi connectivity index (χ3n) is 0. The van der Waals surface area contributed by atoms with Gasteiger partial charge in [0.15, 0.2) is 0 Å². The Morgan fingerprint density at radius 3 is 0.714 bits per heavy atom. The van der Waals surface area contributed by atoms with Crippen LogP contribution in [-0.2, 0) is 19.5 Å². The van der Waals surface area contributed by atoms with Crippen molar-refractivity contribution in [2.45, 2.75) is 0 Å². The topological polar surface area (TPSA) is 158 Å². The number of halogens is 1. The Labute approximate surface area is 61.6 Å². The van der Waals surface area contributed by atoms with Crippen molar-refractivity contribution in [2.75, 3.05) is 0 Å². The number of hydrogen-bond acceptors (Lipinski definition) is 0. The maximum absolute atomic E-state index is 5.22. The fraction of sp³-hybridized carbons (Fsp3) is 0. The summed E-state index contributed by atoms with van der Waals surface area (Å²) in [6.45, 7) is 0. The van der Waals surface area contributed by atoms with E-state index in [-0.39, 0.29) is 44.1 Å². The standard InChI is InChI=1S/ClHN.4H2N.Rh/c1-2;;;;;/h2H;4*1H2;/q5*-1;. The minimum Gasteiger partial charge on any atom is -0.693 e. The minimum atomic E-state index is 0. The van der Waals surface area contributed by atoms with Gasteiger partial charge in [0.1, 0.15) is 0 Å². The number of nitrogens with two attached hydrogens (primary N) is 4. The van der Waals surface area contributed by atoms with Crippen molar-refractivity contribution in [1.29, 1.82) is 0 Å². The van der Waals surface area contributed by atoms with E-state index in [1.807, 2.05) is 0 Å². The van der Waals surface area contributed by atoms with Crippen LogP contribution in [0.1, 0.15) is 0 Å². The molecule has 0 aliphatic rings. The van der Waals surface area contributed by atoms with Gasteiger partial charge in [0.05, 0.1) is 0 Å². The zero-order valence-electron chi connectivity index (χ0n) is 3.52. The first-order valence-electron chi connectivity index (χ1n) is 0.189. The SMILES string of the molecule is [NH-]Cl.[NH2-].[NH2-].[NH2-].[NH2-].[Rh]. The number of nitrogens with one attached hydrogen (secondary N) is 1. The Morgan fingerprint density at radius 1 is 0.714 bits per heavy atom. The molecule has 0 amide bonds. The summed E-state index contributed by atoms with van der Waals surface area (Å²) in [6.07, 6.45) is 0. The first kappa shape index (κ1) is 118. The van der Waals surface area contributed by atoms with Gasteiger partial charge < -0.3 is 29.9 Å². The van der Waals surface area contributed by atoms with Gasteiger partial charge in [-0.15, -0.1) is 0 Å². The van der Waals surface area contributed by atoms with Gasteiger partial charge in [0.2, 0.25) is 0 Å². The van der Waals surface area contributed by atoms with E-state index in [9.17, 15) is 0 Å². The van der Waals surface area contributed by atoms with E-state index in [0.717, 1.165) is 0 Å². The second kappa shape index (κ2) is 431. The molecule has 0 aliphatic carbocycles. The molecule has 7 heteroatoms. The molecular weight excluding hydrogens is 208 g/mol. The summed E-state index contributed by atoms with van der Waals surface area (Å²) in [6, 6.07) is 0. The molecule has 9 N–H and O–H groups in total. The van der Waals surface area contributed by atoms with Crippen molar-refractivity contribution in [3.05, 3.63) is 29.9 Å². The van der Waals surface area contributed by atoms with Gasteiger partial charge in [-0.05, 0) is 0 Å². The van der Waals surface area contributed by atoms with Crippen LogP contribution in [0.15, 0.2) is 0 Å². The Balaban J connectivity index is -0.000000000500. The minimum absolute atomic E-state index is 0. The molecule has 1 radical (unpaired) electrons. The molecule has 0 aliphatic heterocycles. The van der Waals surface area contributed by atoms with Gasteiger partial charge in [-0.3, -0.25) is 11.8 Å². The molecule has 0 aromatic rings. The van der Waals surface area contributed by atoms with Crippen LogP contribution in [0.3, 0.4) is 0 Å².